The maximum absolute atomic E-state index is 12.3. The van der Waals surface area contributed by atoms with Gasteiger partial charge in [0.2, 0.25) is 5.91 Å². The van der Waals surface area contributed by atoms with E-state index in [2.05, 4.69) is 35.7 Å². The summed E-state index contributed by atoms with van der Waals surface area (Å²) in [5.41, 5.74) is 4.94. The Labute approximate surface area is 143 Å². The van der Waals surface area contributed by atoms with Gasteiger partial charge in [0.25, 0.3) is 0 Å². The van der Waals surface area contributed by atoms with Crippen molar-refractivity contribution in [2.75, 3.05) is 0 Å². The highest BCUT2D eigenvalue weighted by molar-refractivity contribution is 5.91. The molecular weight excluding hydrogens is 296 g/mol. The predicted octanol–water partition coefficient (Wildman–Crippen LogP) is 4.31. The standard InChI is InChI=1S/C21H24N2O/c1-14(20-12-15-9-10-18(20)11-15)22-23-21(24)13-17-7-4-6-16-5-2-3-8-19(16)17/h2-8,15,18,20H,9-13H2,1H3,(H,23,24)/b22-14+/t15-,18-,20-/m0/s1. The molecule has 1 amide bonds. The molecule has 0 unspecified atom stereocenters. The molecule has 0 aliphatic heterocycles. The number of carbonyl (C=O) groups excluding carboxylic acids is 1. The molecular formula is C21H24N2O. The number of nitrogens with zero attached hydrogens (tertiary/aromatic N) is 1. The molecule has 0 radical (unpaired) electrons. The lowest BCUT2D eigenvalue weighted by molar-refractivity contribution is -0.120. The smallest absolute Gasteiger partial charge is 0.244 e. The molecule has 2 aliphatic rings. The average molecular weight is 320 g/mol. The number of fused-ring (bicyclic) bond motifs is 3. The number of rotatable bonds is 4. The number of nitrogens with one attached hydrogen (secondary N) is 1. The Balaban J connectivity index is 1.42. The molecule has 2 fully saturated rings. The minimum Gasteiger partial charge on any atom is -0.273 e. The summed E-state index contributed by atoms with van der Waals surface area (Å²) in [4.78, 5) is 12.3. The second-order valence-electron chi connectivity index (χ2n) is 7.38. The molecule has 2 saturated carbocycles. The Kier molecular flexibility index (Phi) is 4.09. The van der Waals surface area contributed by atoms with E-state index >= 15 is 0 Å². The van der Waals surface area contributed by atoms with Crippen LogP contribution in [-0.2, 0) is 11.2 Å². The summed E-state index contributed by atoms with van der Waals surface area (Å²) in [5, 5.41) is 6.73. The van der Waals surface area contributed by atoms with E-state index < -0.39 is 0 Å². The maximum Gasteiger partial charge on any atom is 0.244 e. The summed E-state index contributed by atoms with van der Waals surface area (Å²) in [6, 6.07) is 14.3. The van der Waals surface area contributed by atoms with Crippen LogP contribution in [0.15, 0.2) is 47.6 Å². The van der Waals surface area contributed by atoms with Crippen molar-refractivity contribution in [3.8, 4) is 0 Å². The van der Waals surface area contributed by atoms with E-state index in [-0.39, 0.29) is 5.91 Å². The molecule has 2 aromatic carbocycles. The normalized spacial score (nSPS) is 26.0. The molecule has 0 heterocycles. The van der Waals surface area contributed by atoms with Crippen molar-refractivity contribution in [3.05, 3.63) is 48.0 Å². The topological polar surface area (TPSA) is 41.5 Å². The fourth-order valence-electron chi connectivity index (χ4n) is 4.65. The van der Waals surface area contributed by atoms with Gasteiger partial charge in [0, 0.05) is 11.6 Å². The first-order valence-corrected chi connectivity index (χ1v) is 9.00. The fraction of sp³-hybridized carbons (Fsp3) is 0.429. The van der Waals surface area contributed by atoms with Crippen molar-refractivity contribution >= 4 is 22.4 Å². The van der Waals surface area contributed by atoms with Crippen LogP contribution in [0.4, 0.5) is 0 Å². The Morgan fingerprint density at radius 1 is 1.12 bits per heavy atom. The first-order valence-electron chi connectivity index (χ1n) is 9.00. The lowest BCUT2D eigenvalue weighted by Crippen LogP contribution is -2.25. The third kappa shape index (κ3) is 2.95. The lowest BCUT2D eigenvalue weighted by atomic mass is 9.86. The Bertz CT molecular complexity index is 790. The second kappa shape index (κ2) is 6.39. The van der Waals surface area contributed by atoms with Gasteiger partial charge in [0.1, 0.15) is 0 Å². The van der Waals surface area contributed by atoms with Gasteiger partial charge in [0.05, 0.1) is 6.42 Å². The number of hydrogen-bond donors (Lipinski definition) is 1. The minimum absolute atomic E-state index is 0.0335. The van der Waals surface area contributed by atoms with Crippen LogP contribution in [0.3, 0.4) is 0 Å². The molecule has 24 heavy (non-hydrogen) atoms. The summed E-state index contributed by atoms with van der Waals surface area (Å²) < 4.78 is 0. The van der Waals surface area contributed by atoms with Gasteiger partial charge in [-0.05, 0) is 54.4 Å². The highest BCUT2D eigenvalue weighted by Crippen LogP contribution is 2.48. The zero-order chi connectivity index (χ0) is 16.5. The quantitative estimate of drug-likeness (QED) is 0.662. The molecule has 4 rings (SSSR count). The Morgan fingerprint density at radius 3 is 2.75 bits per heavy atom. The SMILES string of the molecule is C/C(=N\NC(=O)Cc1cccc2ccccc12)[C@@H]1C[C@H]2CC[C@H]1C2. The highest BCUT2D eigenvalue weighted by Gasteiger charge is 2.40. The van der Waals surface area contributed by atoms with Crippen LogP contribution in [-0.4, -0.2) is 11.6 Å². The van der Waals surface area contributed by atoms with Crippen LogP contribution in [0.1, 0.15) is 38.2 Å². The third-order valence-electron chi connectivity index (χ3n) is 5.86. The molecule has 3 atom stereocenters. The molecule has 0 aromatic heterocycles. The number of hydrazone groups is 1. The molecule has 2 aliphatic carbocycles. The lowest BCUT2D eigenvalue weighted by Gasteiger charge is -2.21. The summed E-state index contributed by atoms with van der Waals surface area (Å²) >= 11 is 0. The van der Waals surface area contributed by atoms with Gasteiger partial charge in [-0.15, -0.1) is 0 Å². The van der Waals surface area contributed by atoms with Crippen LogP contribution >= 0.6 is 0 Å². The first-order chi connectivity index (χ1) is 11.7. The predicted molar refractivity (Wildman–Crippen MR) is 97.8 cm³/mol. The molecule has 0 spiro atoms. The minimum atomic E-state index is -0.0335. The molecule has 2 aromatic rings. The second-order valence-corrected chi connectivity index (χ2v) is 7.38. The van der Waals surface area contributed by atoms with Crippen LogP contribution in [0, 0.1) is 17.8 Å². The molecule has 3 heteroatoms. The molecule has 3 nitrogen and oxygen atoms in total. The molecule has 124 valence electrons. The molecule has 0 saturated heterocycles. The van der Waals surface area contributed by atoms with Gasteiger partial charge in [0.15, 0.2) is 0 Å². The maximum atomic E-state index is 12.3. The van der Waals surface area contributed by atoms with Crippen LogP contribution in [0.2, 0.25) is 0 Å². The van der Waals surface area contributed by atoms with E-state index in [1.165, 1.54) is 31.1 Å². The number of benzene rings is 2. The third-order valence-corrected chi connectivity index (χ3v) is 5.86. The Hall–Kier alpha value is -2.16. The summed E-state index contributed by atoms with van der Waals surface area (Å²) in [6.07, 6.45) is 5.73. The summed E-state index contributed by atoms with van der Waals surface area (Å²) in [6.45, 7) is 2.07. The van der Waals surface area contributed by atoms with Gasteiger partial charge < -0.3 is 0 Å². The number of amides is 1. The van der Waals surface area contributed by atoms with E-state index in [9.17, 15) is 4.79 Å². The van der Waals surface area contributed by atoms with Crippen LogP contribution < -0.4 is 5.43 Å². The monoisotopic (exact) mass is 320 g/mol. The van der Waals surface area contributed by atoms with Gasteiger partial charge in [-0.1, -0.05) is 48.9 Å². The van der Waals surface area contributed by atoms with Gasteiger partial charge in [-0.2, -0.15) is 5.10 Å². The van der Waals surface area contributed by atoms with E-state index in [4.69, 9.17) is 0 Å². The largest absolute Gasteiger partial charge is 0.273 e. The van der Waals surface area contributed by atoms with Crippen molar-refractivity contribution in [1.82, 2.24) is 5.43 Å². The van der Waals surface area contributed by atoms with Crippen molar-refractivity contribution in [3.63, 3.8) is 0 Å². The van der Waals surface area contributed by atoms with E-state index in [0.29, 0.717) is 12.3 Å². The van der Waals surface area contributed by atoms with Crippen molar-refractivity contribution in [2.45, 2.75) is 39.0 Å². The van der Waals surface area contributed by atoms with Gasteiger partial charge in [-0.25, -0.2) is 5.43 Å². The van der Waals surface area contributed by atoms with Crippen molar-refractivity contribution < 1.29 is 4.79 Å². The van der Waals surface area contributed by atoms with Gasteiger partial charge >= 0.3 is 0 Å². The van der Waals surface area contributed by atoms with E-state index in [1.54, 1.807) is 0 Å². The summed E-state index contributed by atoms with van der Waals surface area (Å²) in [5.74, 6) is 2.25. The zero-order valence-electron chi connectivity index (χ0n) is 14.2. The number of carbonyl (C=O) groups is 1. The van der Waals surface area contributed by atoms with Gasteiger partial charge in [-0.3, -0.25) is 4.79 Å². The van der Waals surface area contributed by atoms with E-state index in [1.807, 2.05) is 24.3 Å². The average Bonchev–Trinajstić information content (AvgIpc) is 3.23. The van der Waals surface area contributed by atoms with Crippen LogP contribution in [0.25, 0.3) is 10.8 Å². The Morgan fingerprint density at radius 2 is 1.96 bits per heavy atom. The van der Waals surface area contributed by atoms with Crippen molar-refractivity contribution in [1.29, 1.82) is 0 Å². The zero-order valence-corrected chi connectivity index (χ0v) is 14.2. The number of hydrogen-bond acceptors (Lipinski definition) is 2. The summed E-state index contributed by atoms with van der Waals surface area (Å²) in [7, 11) is 0. The fourth-order valence-corrected chi connectivity index (χ4v) is 4.65. The highest BCUT2D eigenvalue weighted by atomic mass is 16.2. The first kappa shape index (κ1) is 15.4. The molecule has 2 bridgehead atoms. The van der Waals surface area contributed by atoms with Crippen molar-refractivity contribution in [2.24, 2.45) is 22.9 Å². The van der Waals surface area contributed by atoms with E-state index in [0.717, 1.165) is 28.5 Å². The molecule has 1 N–H and O–H groups in total. The van der Waals surface area contributed by atoms with Crippen LogP contribution in [0.5, 0.6) is 0 Å².